The van der Waals surface area contributed by atoms with Gasteiger partial charge in [0.25, 0.3) is 0 Å². The Morgan fingerprint density at radius 1 is 1.38 bits per heavy atom. The minimum absolute atomic E-state index is 0.100. The Bertz CT molecular complexity index is 723. The zero-order valence-corrected chi connectivity index (χ0v) is 14.8. The molecule has 1 amide bonds. The van der Waals surface area contributed by atoms with Crippen LogP contribution in [0.1, 0.15) is 22.8 Å². The summed E-state index contributed by atoms with van der Waals surface area (Å²) in [5.41, 5.74) is 1.91. The van der Waals surface area contributed by atoms with Gasteiger partial charge in [-0.3, -0.25) is 0 Å². The standard InChI is InChI=1S/C14H12AsCl2N3O/c1-2-20-7-8-4-3-5-9(11(8)13(20)21)15-12-10(16)6-18-14(17)19-12/h3-6,15H,2,7H2,1H3. The van der Waals surface area contributed by atoms with E-state index in [0.717, 1.165) is 20.0 Å². The molecule has 1 aromatic carbocycles. The Balaban J connectivity index is 2.00. The van der Waals surface area contributed by atoms with Crippen LogP contribution in [-0.2, 0) is 6.54 Å². The molecule has 7 heteroatoms. The molecule has 0 spiro atoms. The van der Waals surface area contributed by atoms with Crippen molar-refractivity contribution < 1.29 is 4.79 Å². The molecule has 0 N–H and O–H groups in total. The van der Waals surface area contributed by atoms with Gasteiger partial charge < -0.3 is 0 Å². The van der Waals surface area contributed by atoms with Crippen LogP contribution in [0.4, 0.5) is 0 Å². The molecule has 21 heavy (non-hydrogen) atoms. The molecule has 0 aliphatic carbocycles. The van der Waals surface area contributed by atoms with Gasteiger partial charge in [0.15, 0.2) is 0 Å². The number of nitrogens with zero attached hydrogens (tertiary/aromatic N) is 3. The van der Waals surface area contributed by atoms with E-state index < -0.39 is 15.8 Å². The van der Waals surface area contributed by atoms with E-state index in [9.17, 15) is 4.79 Å². The number of aromatic nitrogens is 2. The van der Waals surface area contributed by atoms with Gasteiger partial charge in [-0.2, -0.15) is 0 Å². The number of amides is 1. The molecule has 1 aliphatic rings. The molecule has 0 saturated carbocycles. The first-order valence-corrected chi connectivity index (χ1v) is 9.31. The number of benzene rings is 1. The Labute approximate surface area is 139 Å². The van der Waals surface area contributed by atoms with Crippen LogP contribution < -0.4 is 8.83 Å². The SMILES string of the molecule is CCN1Cc2cccc([AsH]c3nc(Cl)ncc3Cl)c2C1=O. The summed E-state index contributed by atoms with van der Waals surface area (Å²) in [7, 11) is 0. The van der Waals surface area contributed by atoms with E-state index in [0.29, 0.717) is 18.1 Å². The van der Waals surface area contributed by atoms with E-state index in [2.05, 4.69) is 9.97 Å². The monoisotopic (exact) mass is 383 g/mol. The van der Waals surface area contributed by atoms with Crippen LogP contribution >= 0.6 is 23.2 Å². The maximum absolute atomic E-state index is 12.4. The number of hydrogen-bond donors (Lipinski definition) is 0. The topological polar surface area (TPSA) is 46.1 Å². The average molecular weight is 384 g/mol. The molecular formula is C14H12AsCl2N3O. The molecule has 1 unspecified atom stereocenters. The van der Waals surface area contributed by atoms with E-state index in [-0.39, 0.29) is 11.2 Å². The zero-order chi connectivity index (χ0) is 15.0. The number of rotatable bonds is 3. The van der Waals surface area contributed by atoms with Crippen molar-refractivity contribution in [3.8, 4) is 0 Å². The van der Waals surface area contributed by atoms with Crippen molar-refractivity contribution in [2.45, 2.75) is 13.5 Å². The van der Waals surface area contributed by atoms with Crippen molar-refractivity contribution >= 4 is 53.7 Å². The zero-order valence-electron chi connectivity index (χ0n) is 11.2. The summed E-state index contributed by atoms with van der Waals surface area (Å²) in [6.45, 7) is 3.39. The molecule has 108 valence electrons. The summed E-state index contributed by atoms with van der Waals surface area (Å²) >= 11 is 11.1. The van der Waals surface area contributed by atoms with Gasteiger partial charge in [-0.15, -0.1) is 0 Å². The molecule has 0 radical (unpaired) electrons. The molecule has 4 nitrogen and oxygen atoms in total. The Morgan fingerprint density at radius 3 is 2.95 bits per heavy atom. The van der Waals surface area contributed by atoms with Gasteiger partial charge in [0.1, 0.15) is 0 Å². The van der Waals surface area contributed by atoms with Crippen molar-refractivity contribution in [2.75, 3.05) is 6.54 Å². The summed E-state index contributed by atoms with van der Waals surface area (Å²) in [5.74, 6) is 0.100. The first-order valence-electron chi connectivity index (χ1n) is 6.46. The van der Waals surface area contributed by atoms with Crippen molar-refractivity contribution in [1.82, 2.24) is 14.9 Å². The van der Waals surface area contributed by atoms with Crippen LogP contribution in [0.3, 0.4) is 0 Å². The number of fused-ring (bicyclic) bond motifs is 1. The predicted molar refractivity (Wildman–Crippen MR) is 85.3 cm³/mol. The molecule has 3 rings (SSSR count). The van der Waals surface area contributed by atoms with Crippen LogP contribution in [-0.4, -0.2) is 43.1 Å². The Morgan fingerprint density at radius 2 is 2.19 bits per heavy atom. The summed E-state index contributed by atoms with van der Waals surface area (Å²) in [4.78, 5) is 22.4. The van der Waals surface area contributed by atoms with Crippen molar-refractivity contribution in [2.24, 2.45) is 0 Å². The number of halogens is 2. The number of carbonyl (C=O) groups is 1. The summed E-state index contributed by atoms with van der Waals surface area (Å²) in [6.07, 6.45) is 1.51. The van der Waals surface area contributed by atoms with Crippen LogP contribution in [0.5, 0.6) is 0 Å². The van der Waals surface area contributed by atoms with Gasteiger partial charge in [0, 0.05) is 0 Å². The number of carbonyl (C=O) groups excluding carboxylic acids is 1. The minimum atomic E-state index is -0.838. The van der Waals surface area contributed by atoms with Crippen LogP contribution in [0.25, 0.3) is 0 Å². The van der Waals surface area contributed by atoms with Crippen molar-refractivity contribution in [3.63, 3.8) is 0 Å². The van der Waals surface area contributed by atoms with Gasteiger partial charge in [-0.05, 0) is 0 Å². The normalized spacial score (nSPS) is 14.2. The number of hydrogen-bond acceptors (Lipinski definition) is 3. The van der Waals surface area contributed by atoms with E-state index in [1.54, 1.807) is 0 Å². The molecule has 0 saturated heterocycles. The second-order valence-electron chi connectivity index (χ2n) is 4.62. The van der Waals surface area contributed by atoms with E-state index in [1.807, 2.05) is 30.0 Å². The average Bonchev–Trinajstić information content (AvgIpc) is 2.80. The van der Waals surface area contributed by atoms with Gasteiger partial charge >= 0.3 is 139 Å². The molecule has 2 aromatic rings. The fourth-order valence-electron chi connectivity index (χ4n) is 2.34. The molecule has 0 fully saturated rings. The molecular weight excluding hydrogens is 372 g/mol. The van der Waals surface area contributed by atoms with E-state index in [1.165, 1.54) is 6.20 Å². The van der Waals surface area contributed by atoms with Crippen LogP contribution in [0.15, 0.2) is 24.4 Å². The van der Waals surface area contributed by atoms with E-state index in [4.69, 9.17) is 23.2 Å². The van der Waals surface area contributed by atoms with Crippen molar-refractivity contribution in [3.05, 3.63) is 45.8 Å². The summed E-state index contributed by atoms with van der Waals surface area (Å²) in [6, 6.07) is 5.98. The van der Waals surface area contributed by atoms with Crippen LogP contribution in [0, 0.1) is 0 Å². The molecule has 2 heterocycles. The summed E-state index contributed by atoms with van der Waals surface area (Å²) < 4.78 is 1.80. The van der Waals surface area contributed by atoms with Crippen LogP contribution in [0.2, 0.25) is 10.3 Å². The second-order valence-corrected chi connectivity index (χ2v) is 8.01. The fourth-order valence-corrected chi connectivity index (χ4v) is 5.42. The fraction of sp³-hybridized carbons (Fsp3) is 0.214. The second kappa shape index (κ2) is 5.96. The van der Waals surface area contributed by atoms with Crippen molar-refractivity contribution in [1.29, 1.82) is 0 Å². The van der Waals surface area contributed by atoms with Gasteiger partial charge in [-0.25, -0.2) is 0 Å². The molecule has 1 aromatic heterocycles. The third-order valence-electron chi connectivity index (χ3n) is 3.36. The predicted octanol–water partition coefficient (Wildman–Crippen LogP) is 1.15. The third-order valence-corrected chi connectivity index (χ3v) is 6.89. The quantitative estimate of drug-likeness (QED) is 0.590. The molecule has 1 atom stereocenters. The van der Waals surface area contributed by atoms with Gasteiger partial charge in [0.05, 0.1) is 0 Å². The van der Waals surface area contributed by atoms with Gasteiger partial charge in [0.2, 0.25) is 0 Å². The Kier molecular flexibility index (Phi) is 4.21. The van der Waals surface area contributed by atoms with E-state index >= 15 is 0 Å². The first kappa shape index (κ1) is 14.8. The maximum atomic E-state index is 12.4. The first-order chi connectivity index (χ1) is 10.1. The third kappa shape index (κ3) is 2.80. The molecule has 1 aliphatic heterocycles. The molecule has 0 bridgehead atoms. The summed E-state index contributed by atoms with van der Waals surface area (Å²) in [5, 5.41) is 0.696. The Hall–Kier alpha value is -1.09. The van der Waals surface area contributed by atoms with Gasteiger partial charge in [-0.1, -0.05) is 0 Å².